The molecule has 53 heavy (non-hydrogen) atoms. The summed E-state index contributed by atoms with van der Waals surface area (Å²) in [6.07, 6.45) is -0.771. The number of rotatable bonds is 7. The molecule has 0 radical (unpaired) electrons. The summed E-state index contributed by atoms with van der Waals surface area (Å²) in [5, 5.41) is 12.5. The van der Waals surface area contributed by atoms with Gasteiger partial charge in [0, 0.05) is 73.5 Å². The van der Waals surface area contributed by atoms with E-state index in [1.165, 1.54) is 12.1 Å². The maximum atomic E-state index is 14.5. The lowest BCUT2D eigenvalue weighted by Gasteiger charge is -2.37. The van der Waals surface area contributed by atoms with Gasteiger partial charge in [0.1, 0.15) is 11.7 Å². The second kappa shape index (κ2) is 14.8. The second-order valence-corrected chi connectivity index (χ2v) is 13.0. The molecule has 2 saturated heterocycles. The normalized spacial score (nSPS) is 16.5. The van der Waals surface area contributed by atoms with Crippen molar-refractivity contribution < 1.29 is 27.6 Å². The number of fused-ring (bicyclic) bond motifs is 1. The van der Waals surface area contributed by atoms with Crippen LogP contribution in [0.3, 0.4) is 0 Å². The molecule has 0 saturated carbocycles. The van der Waals surface area contributed by atoms with E-state index in [0.717, 1.165) is 22.9 Å². The standard InChI is InChI=1S/C39H35F3N8O3/c1-25-8-9-27(21-26(25)10-12-30-23-43-35-7-4-16-44-50(30)35)37(52)45-29-11-14-34(31(22-29)39(40,41)42)49-19-17-48(18-20-49)24-28-5-2-3-6-32(28)46-33-13-15-36(51)47-38(33)53/h2-9,11,14,16,21-23,33,46H,13,15,17-20,24H2,1H3,(H,45,52)(H,47,51,53). The fraction of sp³-hybridized carbons (Fsp3) is 0.256. The molecule has 2 aromatic heterocycles. The maximum Gasteiger partial charge on any atom is 0.418 e. The Bertz CT molecular complexity index is 2270. The Labute approximate surface area is 303 Å². The SMILES string of the molecule is Cc1ccc(C(=O)Nc2ccc(N3CCN(Cc4ccccc4NC4CCC(=O)NC4=O)CC3)c(C(F)(F)F)c2)cc1C#Cc1cnc2cccnn12. The van der Waals surface area contributed by atoms with Gasteiger partial charge in [-0.15, -0.1) is 0 Å². The zero-order valence-electron chi connectivity index (χ0n) is 28.7. The van der Waals surface area contributed by atoms with Crippen LogP contribution in [0.5, 0.6) is 0 Å². The topological polar surface area (TPSA) is 124 Å². The molecule has 3 N–H and O–H groups in total. The number of aromatic nitrogens is 3. The minimum absolute atomic E-state index is 0.0230. The summed E-state index contributed by atoms with van der Waals surface area (Å²) >= 11 is 0. The zero-order valence-corrected chi connectivity index (χ0v) is 28.7. The summed E-state index contributed by atoms with van der Waals surface area (Å²) in [4.78, 5) is 45.3. The first-order valence-electron chi connectivity index (χ1n) is 17.1. The number of carbonyl (C=O) groups excluding carboxylic acids is 3. The van der Waals surface area contributed by atoms with Crippen LogP contribution in [-0.2, 0) is 22.3 Å². The van der Waals surface area contributed by atoms with Gasteiger partial charge >= 0.3 is 6.18 Å². The highest BCUT2D eigenvalue weighted by molar-refractivity contribution is 6.05. The van der Waals surface area contributed by atoms with E-state index in [9.17, 15) is 27.6 Å². The van der Waals surface area contributed by atoms with Gasteiger partial charge in [-0.25, -0.2) is 9.50 Å². The number of benzene rings is 3. The molecule has 2 aliphatic rings. The van der Waals surface area contributed by atoms with Crippen molar-refractivity contribution in [1.29, 1.82) is 0 Å². The van der Waals surface area contributed by atoms with Crippen LogP contribution in [-0.4, -0.2) is 69.4 Å². The predicted octanol–water partition coefficient (Wildman–Crippen LogP) is 5.25. The van der Waals surface area contributed by atoms with Crippen LogP contribution in [0.25, 0.3) is 5.65 Å². The van der Waals surface area contributed by atoms with Crippen molar-refractivity contribution in [2.24, 2.45) is 0 Å². The minimum atomic E-state index is -4.66. The van der Waals surface area contributed by atoms with Crippen LogP contribution in [0, 0.1) is 18.8 Å². The number of nitrogens with zero attached hydrogens (tertiary/aromatic N) is 5. The number of imide groups is 1. The summed E-state index contributed by atoms with van der Waals surface area (Å²) in [6, 6.07) is 19.4. The fourth-order valence-corrected chi connectivity index (χ4v) is 6.47. The molecule has 4 heterocycles. The Hall–Kier alpha value is -6.20. The van der Waals surface area contributed by atoms with E-state index in [-0.39, 0.29) is 35.2 Å². The van der Waals surface area contributed by atoms with Crippen molar-refractivity contribution in [3.8, 4) is 11.8 Å². The van der Waals surface area contributed by atoms with E-state index in [0.29, 0.717) is 56.0 Å². The van der Waals surface area contributed by atoms with Crippen molar-refractivity contribution in [2.45, 2.75) is 38.5 Å². The van der Waals surface area contributed by atoms with Gasteiger partial charge in [0.05, 0.1) is 11.8 Å². The van der Waals surface area contributed by atoms with Crippen molar-refractivity contribution in [1.82, 2.24) is 24.8 Å². The number of hydrogen-bond acceptors (Lipinski definition) is 8. The number of aryl methyl sites for hydroxylation is 1. The van der Waals surface area contributed by atoms with Gasteiger partial charge in [-0.1, -0.05) is 30.2 Å². The van der Waals surface area contributed by atoms with Crippen molar-refractivity contribution >= 4 is 40.4 Å². The van der Waals surface area contributed by atoms with E-state index in [1.807, 2.05) is 31.2 Å². The molecule has 14 heteroatoms. The monoisotopic (exact) mass is 720 g/mol. The highest BCUT2D eigenvalue weighted by Gasteiger charge is 2.36. The summed E-state index contributed by atoms with van der Waals surface area (Å²) in [7, 11) is 0. The fourth-order valence-electron chi connectivity index (χ4n) is 6.47. The van der Waals surface area contributed by atoms with Gasteiger partial charge < -0.3 is 15.5 Å². The van der Waals surface area contributed by atoms with Gasteiger partial charge in [0.25, 0.3) is 5.91 Å². The molecule has 3 amide bonds. The number of hydrogen-bond donors (Lipinski definition) is 3. The molecule has 2 aliphatic heterocycles. The Balaban J connectivity index is 1.01. The Morgan fingerprint density at radius 3 is 2.58 bits per heavy atom. The number of amides is 3. The highest BCUT2D eigenvalue weighted by atomic mass is 19.4. The number of anilines is 3. The van der Waals surface area contributed by atoms with Gasteiger partial charge in [0.15, 0.2) is 5.65 Å². The minimum Gasteiger partial charge on any atom is -0.373 e. The van der Waals surface area contributed by atoms with Crippen molar-refractivity contribution in [3.05, 3.63) is 119 Å². The zero-order chi connectivity index (χ0) is 37.1. The molecule has 5 aromatic rings. The van der Waals surface area contributed by atoms with Crippen LogP contribution >= 0.6 is 0 Å². The van der Waals surface area contributed by atoms with Gasteiger partial charge in [0.2, 0.25) is 11.8 Å². The lowest BCUT2D eigenvalue weighted by Crippen LogP contribution is -2.48. The number of alkyl halides is 3. The van der Waals surface area contributed by atoms with Crippen molar-refractivity contribution in [3.63, 3.8) is 0 Å². The molecular weight excluding hydrogens is 685 g/mol. The molecule has 3 aromatic carbocycles. The second-order valence-electron chi connectivity index (χ2n) is 13.0. The quantitative estimate of drug-likeness (QED) is 0.154. The number of para-hydroxylation sites is 1. The summed E-state index contributed by atoms with van der Waals surface area (Å²) in [6.45, 7) is 4.12. The number of imidazole rings is 1. The maximum absolute atomic E-state index is 14.5. The first-order chi connectivity index (χ1) is 25.5. The summed E-state index contributed by atoms with van der Waals surface area (Å²) in [5.74, 6) is 4.88. The van der Waals surface area contributed by atoms with Gasteiger partial charge in [-0.3, -0.25) is 24.6 Å². The van der Waals surface area contributed by atoms with Crippen LogP contribution in [0.4, 0.5) is 30.2 Å². The lowest BCUT2D eigenvalue weighted by atomic mass is 10.0. The lowest BCUT2D eigenvalue weighted by molar-refractivity contribution is -0.137. The Morgan fingerprint density at radius 2 is 1.79 bits per heavy atom. The smallest absolute Gasteiger partial charge is 0.373 e. The molecule has 1 unspecified atom stereocenters. The average molecular weight is 721 g/mol. The molecule has 0 spiro atoms. The van der Waals surface area contributed by atoms with Gasteiger partial charge in [-0.2, -0.15) is 18.3 Å². The van der Waals surface area contributed by atoms with E-state index in [4.69, 9.17) is 0 Å². The average Bonchev–Trinajstić information content (AvgIpc) is 3.56. The van der Waals surface area contributed by atoms with Crippen LogP contribution in [0.15, 0.2) is 85.2 Å². The molecule has 270 valence electrons. The van der Waals surface area contributed by atoms with Crippen molar-refractivity contribution in [2.75, 3.05) is 41.7 Å². The van der Waals surface area contributed by atoms with Crippen LogP contribution in [0.2, 0.25) is 0 Å². The first kappa shape index (κ1) is 35.2. The first-order valence-corrected chi connectivity index (χ1v) is 17.1. The van der Waals surface area contributed by atoms with E-state index in [1.54, 1.807) is 52.1 Å². The number of halogens is 3. The molecule has 7 rings (SSSR count). The van der Waals surface area contributed by atoms with E-state index >= 15 is 0 Å². The third kappa shape index (κ3) is 8.00. The molecule has 11 nitrogen and oxygen atoms in total. The van der Waals surface area contributed by atoms with E-state index < -0.39 is 23.7 Å². The number of nitrogens with one attached hydrogen (secondary N) is 3. The molecule has 0 bridgehead atoms. The molecular formula is C39H35F3N8O3. The predicted molar refractivity (Wildman–Crippen MR) is 193 cm³/mol. The number of piperazine rings is 1. The molecule has 1 atom stereocenters. The Morgan fingerprint density at radius 1 is 0.981 bits per heavy atom. The number of carbonyl (C=O) groups is 3. The third-order valence-corrected chi connectivity index (χ3v) is 9.36. The van der Waals surface area contributed by atoms with Crippen LogP contribution in [0.1, 0.15) is 51.1 Å². The van der Waals surface area contributed by atoms with E-state index in [2.05, 4.69) is 42.8 Å². The highest BCUT2D eigenvalue weighted by Crippen LogP contribution is 2.39. The summed E-state index contributed by atoms with van der Waals surface area (Å²) < 4.78 is 45.0. The van der Waals surface area contributed by atoms with Crippen LogP contribution < -0.4 is 20.9 Å². The molecule has 2 fully saturated rings. The largest absolute Gasteiger partial charge is 0.418 e. The summed E-state index contributed by atoms with van der Waals surface area (Å²) in [5.41, 5.74) is 3.83. The number of piperidine rings is 1. The third-order valence-electron chi connectivity index (χ3n) is 9.36. The van der Waals surface area contributed by atoms with Gasteiger partial charge in [-0.05, 0) is 78.9 Å². The Kier molecular flexibility index (Phi) is 9.84. The molecule has 0 aliphatic carbocycles.